The summed E-state index contributed by atoms with van der Waals surface area (Å²) in [5.74, 6) is 0.905. The molecule has 6 aromatic carbocycles. The van der Waals surface area contributed by atoms with Gasteiger partial charge >= 0.3 is 0 Å². The number of para-hydroxylation sites is 2. The van der Waals surface area contributed by atoms with Crippen LogP contribution in [0.2, 0.25) is 0 Å². The minimum Gasteiger partial charge on any atom is -0.309 e. The van der Waals surface area contributed by atoms with Gasteiger partial charge in [0.15, 0.2) is 0 Å². The highest BCUT2D eigenvalue weighted by Gasteiger charge is 2.19. The van der Waals surface area contributed by atoms with Gasteiger partial charge in [0.2, 0.25) is 0 Å². The fourth-order valence-electron chi connectivity index (χ4n) is 7.39. The van der Waals surface area contributed by atoms with Gasteiger partial charge in [0.05, 0.1) is 33.3 Å². The van der Waals surface area contributed by atoms with Gasteiger partial charge in [-0.15, -0.1) is 0 Å². The van der Waals surface area contributed by atoms with Crippen LogP contribution < -0.4 is 0 Å². The molecule has 0 saturated carbocycles. The molecular formula is C43H27N3. The topological polar surface area (TPSA) is 22.2 Å². The molecule has 0 atom stereocenters. The van der Waals surface area contributed by atoms with Crippen molar-refractivity contribution in [1.82, 2.24) is 14.0 Å². The molecule has 0 aliphatic heterocycles. The third-order valence-corrected chi connectivity index (χ3v) is 9.45. The maximum Gasteiger partial charge on any atom is 0.138 e. The molecule has 0 unspecified atom stereocenters. The number of hydrogen-bond donors (Lipinski definition) is 0. The summed E-state index contributed by atoms with van der Waals surface area (Å²) in [6, 6.07) is 58.9. The normalized spacial score (nSPS) is 11.9. The van der Waals surface area contributed by atoms with E-state index < -0.39 is 0 Å². The molecule has 0 N–H and O–H groups in total. The SMILES string of the molecule is c1ccc(-c2cc(-c3ccccc3)nc(-n3c4ccccc4c4cc5c(cc43)c3ccccc3c3cc4ccccc4n35)c2)cc1. The Morgan fingerprint density at radius 3 is 1.70 bits per heavy atom. The Balaban J connectivity index is 1.37. The van der Waals surface area contributed by atoms with Crippen molar-refractivity contribution in [3.8, 4) is 28.2 Å². The second-order valence-corrected chi connectivity index (χ2v) is 12.0. The van der Waals surface area contributed by atoms with Crippen LogP contribution in [0.4, 0.5) is 0 Å². The maximum atomic E-state index is 5.35. The summed E-state index contributed by atoms with van der Waals surface area (Å²) in [5, 5.41) is 7.41. The smallest absolute Gasteiger partial charge is 0.138 e. The molecule has 0 radical (unpaired) electrons. The number of nitrogens with zero attached hydrogens (tertiary/aromatic N) is 3. The summed E-state index contributed by atoms with van der Waals surface area (Å²) >= 11 is 0. The second-order valence-electron chi connectivity index (χ2n) is 12.0. The largest absolute Gasteiger partial charge is 0.309 e. The van der Waals surface area contributed by atoms with Gasteiger partial charge in [-0.2, -0.15) is 0 Å². The van der Waals surface area contributed by atoms with Crippen LogP contribution in [-0.4, -0.2) is 14.0 Å². The molecule has 214 valence electrons. The van der Waals surface area contributed by atoms with Gasteiger partial charge in [-0.05, 0) is 59.0 Å². The van der Waals surface area contributed by atoms with Crippen LogP contribution in [0.15, 0.2) is 164 Å². The number of pyridine rings is 2. The van der Waals surface area contributed by atoms with Gasteiger partial charge in [0.1, 0.15) is 5.82 Å². The van der Waals surface area contributed by atoms with Crippen molar-refractivity contribution >= 4 is 59.9 Å². The lowest BCUT2D eigenvalue weighted by atomic mass is 10.0. The summed E-state index contributed by atoms with van der Waals surface area (Å²) in [6.07, 6.45) is 0. The highest BCUT2D eigenvalue weighted by Crippen LogP contribution is 2.40. The molecule has 46 heavy (non-hydrogen) atoms. The minimum atomic E-state index is 0.905. The second kappa shape index (κ2) is 9.65. The van der Waals surface area contributed by atoms with E-state index in [2.05, 4.69) is 173 Å². The molecule has 0 bridgehead atoms. The average Bonchev–Trinajstić information content (AvgIpc) is 3.68. The molecule has 4 heterocycles. The lowest BCUT2D eigenvalue weighted by Gasteiger charge is -2.14. The predicted molar refractivity (Wildman–Crippen MR) is 193 cm³/mol. The van der Waals surface area contributed by atoms with Crippen LogP contribution in [0.5, 0.6) is 0 Å². The summed E-state index contributed by atoms with van der Waals surface area (Å²) in [6.45, 7) is 0. The van der Waals surface area contributed by atoms with Crippen LogP contribution in [-0.2, 0) is 0 Å². The number of benzene rings is 6. The molecule has 0 aliphatic rings. The van der Waals surface area contributed by atoms with Crippen molar-refractivity contribution in [3.05, 3.63) is 164 Å². The lowest BCUT2D eigenvalue weighted by Crippen LogP contribution is -2.00. The highest BCUT2D eigenvalue weighted by molar-refractivity contribution is 6.21. The van der Waals surface area contributed by atoms with Gasteiger partial charge in [-0.1, -0.05) is 121 Å². The summed E-state index contributed by atoms with van der Waals surface area (Å²) in [4.78, 5) is 5.35. The maximum absolute atomic E-state index is 5.35. The van der Waals surface area contributed by atoms with Crippen molar-refractivity contribution in [3.63, 3.8) is 0 Å². The van der Waals surface area contributed by atoms with Crippen LogP contribution in [0.3, 0.4) is 0 Å². The third-order valence-electron chi connectivity index (χ3n) is 9.45. The van der Waals surface area contributed by atoms with Crippen molar-refractivity contribution < 1.29 is 0 Å². The molecular weight excluding hydrogens is 558 g/mol. The standard InChI is InChI=1S/C43H27N3/c1-3-13-28(14-4-1)31-23-37(29-15-5-2-6-16-29)44-43(25-31)46-39-22-12-10-20-34(39)36-27-41-35(26-42(36)46)32-18-8-9-19-33(32)40-24-30-17-7-11-21-38(30)45(40)41/h1-27H. The van der Waals surface area contributed by atoms with E-state index >= 15 is 0 Å². The molecule has 3 heteroatoms. The molecule has 0 amide bonds. The molecule has 0 aliphatic carbocycles. The molecule has 10 rings (SSSR count). The zero-order chi connectivity index (χ0) is 30.2. The van der Waals surface area contributed by atoms with Gasteiger partial charge in [0, 0.05) is 32.5 Å². The first-order valence-electron chi connectivity index (χ1n) is 15.7. The Morgan fingerprint density at radius 1 is 0.348 bits per heavy atom. The minimum absolute atomic E-state index is 0.905. The van der Waals surface area contributed by atoms with E-state index in [-0.39, 0.29) is 0 Å². The van der Waals surface area contributed by atoms with E-state index in [9.17, 15) is 0 Å². The predicted octanol–water partition coefficient (Wildman–Crippen LogP) is 11.2. The fourth-order valence-corrected chi connectivity index (χ4v) is 7.39. The van der Waals surface area contributed by atoms with Crippen LogP contribution >= 0.6 is 0 Å². The quantitative estimate of drug-likeness (QED) is 0.189. The van der Waals surface area contributed by atoms with Crippen LogP contribution in [0, 0.1) is 0 Å². The first-order chi connectivity index (χ1) is 22.8. The number of aromatic nitrogens is 3. The summed E-state index contributed by atoms with van der Waals surface area (Å²) < 4.78 is 4.80. The van der Waals surface area contributed by atoms with Crippen LogP contribution in [0.25, 0.3) is 88.1 Å². The molecule has 3 nitrogen and oxygen atoms in total. The fraction of sp³-hybridized carbons (Fsp3) is 0. The van der Waals surface area contributed by atoms with Gasteiger partial charge in [-0.25, -0.2) is 4.98 Å². The van der Waals surface area contributed by atoms with Crippen molar-refractivity contribution in [1.29, 1.82) is 0 Å². The Bertz CT molecular complexity index is 2730. The summed E-state index contributed by atoms with van der Waals surface area (Å²) in [7, 11) is 0. The van der Waals surface area contributed by atoms with Gasteiger partial charge in [-0.3, -0.25) is 4.57 Å². The Kier molecular flexibility index (Phi) is 5.28. The number of rotatable bonds is 3. The first-order valence-corrected chi connectivity index (χ1v) is 15.7. The first kappa shape index (κ1) is 25.2. The Labute approximate surface area is 265 Å². The van der Waals surface area contributed by atoms with Gasteiger partial charge in [0.25, 0.3) is 0 Å². The van der Waals surface area contributed by atoms with Crippen molar-refractivity contribution in [2.45, 2.75) is 0 Å². The number of hydrogen-bond acceptors (Lipinski definition) is 1. The zero-order valence-electron chi connectivity index (χ0n) is 24.9. The van der Waals surface area contributed by atoms with Crippen molar-refractivity contribution in [2.75, 3.05) is 0 Å². The van der Waals surface area contributed by atoms with E-state index in [1.54, 1.807) is 0 Å². The van der Waals surface area contributed by atoms with E-state index in [1.807, 2.05) is 0 Å². The van der Waals surface area contributed by atoms with E-state index in [0.29, 0.717) is 0 Å². The van der Waals surface area contributed by atoms with E-state index in [4.69, 9.17) is 4.98 Å². The van der Waals surface area contributed by atoms with Gasteiger partial charge < -0.3 is 4.40 Å². The average molecular weight is 586 g/mol. The highest BCUT2D eigenvalue weighted by atomic mass is 15.1. The van der Waals surface area contributed by atoms with E-state index in [1.165, 1.54) is 54.4 Å². The Hall–Kier alpha value is -6.19. The van der Waals surface area contributed by atoms with E-state index in [0.717, 1.165) is 33.7 Å². The molecule has 4 aromatic heterocycles. The molecule has 0 fully saturated rings. The molecule has 0 saturated heterocycles. The third kappa shape index (κ3) is 3.63. The van der Waals surface area contributed by atoms with Crippen molar-refractivity contribution in [2.24, 2.45) is 0 Å². The zero-order valence-corrected chi connectivity index (χ0v) is 24.9. The molecule has 0 spiro atoms. The van der Waals surface area contributed by atoms with Crippen LogP contribution in [0.1, 0.15) is 0 Å². The summed E-state index contributed by atoms with van der Waals surface area (Å²) in [5.41, 5.74) is 10.3. The monoisotopic (exact) mass is 585 g/mol. The Morgan fingerprint density at radius 2 is 0.913 bits per heavy atom. The number of fused-ring (bicyclic) bond motifs is 11. The molecule has 10 aromatic rings. The lowest BCUT2D eigenvalue weighted by molar-refractivity contribution is 1.08.